The van der Waals surface area contributed by atoms with Gasteiger partial charge in [0.2, 0.25) is 0 Å². The fourth-order valence-corrected chi connectivity index (χ4v) is 3.50. The van der Waals surface area contributed by atoms with Gasteiger partial charge in [-0.25, -0.2) is 0 Å². The van der Waals surface area contributed by atoms with E-state index in [0.29, 0.717) is 0 Å². The van der Waals surface area contributed by atoms with Gasteiger partial charge in [0.15, 0.2) is 0 Å². The third kappa shape index (κ3) is 2.37. The van der Waals surface area contributed by atoms with Crippen LogP contribution < -0.4 is 5.73 Å². The predicted molar refractivity (Wildman–Crippen MR) is 104 cm³/mol. The Balaban J connectivity index is 1.61. The molecule has 0 spiro atoms. The second-order valence-electron chi connectivity index (χ2n) is 6.44. The lowest BCUT2D eigenvalue weighted by Gasteiger charge is -2.17. The van der Waals surface area contributed by atoms with Crippen molar-refractivity contribution < 1.29 is 0 Å². The number of aromatic nitrogens is 3. The minimum Gasteiger partial charge on any atom is -0.398 e. The first-order valence-electron chi connectivity index (χ1n) is 8.65. The standard InChI is InChI=1S/C21H17N5/c22-20-16-8-4-5-9-17(16)24-18-11-10-15-13-26(25-21(15)19(18)20)23-12-14-6-2-1-3-7-14/h1-9,12-13H,10-11H2,(H2,22,24)/b23-12+. The van der Waals surface area contributed by atoms with Crippen LogP contribution in [0.25, 0.3) is 22.2 Å². The Morgan fingerprint density at radius 3 is 2.69 bits per heavy atom. The van der Waals surface area contributed by atoms with Crippen molar-refractivity contribution in [3.05, 3.63) is 77.6 Å². The van der Waals surface area contributed by atoms with Crippen LogP contribution in [0, 0.1) is 0 Å². The molecule has 0 amide bonds. The van der Waals surface area contributed by atoms with Gasteiger partial charge in [0, 0.05) is 16.5 Å². The van der Waals surface area contributed by atoms with Crippen molar-refractivity contribution in [2.75, 3.05) is 5.73 Å². The van der Waals surface area contributed by atoms with Gasteiger partial charge in [-0.1, -0.05) is 48.5 Å². The molecule has 26 heavy (non-hydrogen) atoms. The monoisotopic (exact) mass is 339 g/mol. The van der Waals surface area contributed by atoms with Crippen LogP contribution in [0.15, 0.2) is 65.9 Å². The molecule has 0 fully saturated rings. The lowest BCUT2D eigenvalue weighted by Crippen LogP contribution is -2.08. The molecule has 0 saturated heterocycles. The zero-order chi connectivity index (χ0) is 17.5. The molecule has 1 aliphatic carbocycles. The van der Waals surface area contributed by atoms with E-state index in [4.69, 9.17) is 10.7 Å². The van der Waals surface area contributed by atoms with Crippen molar-refractivity contribution in [3.8, 4) is 11.3 Å². The lowest BCUT2D eigenvalue weighted by atomic mass is 9.91. The lowest BCUT2D eigenvalue weighted by molar-refractivity contribution is 0.747. The minimum absolute atomic E-state index is 0.754. The van der Waals surface area contributed by atoms with Gasteiger partial charge in [0.25, 0.3) is 0 Å². The predicted octanol–water partition coefficient (Wildman–Crippen LogP) is 3.66. The molecule has 0 aliphatic heterocycles. The molecular weight excluding hydrogens is 322 g/mol. The number of aryl methyl sites for hydroxylation is 2. The summed E-state index contributed by atoms with van der Waals surface area (Å²) in [5.41, 5.74) is 13.3. The summed E-state index contributed by atoms with van der Waals surface area (Å²) in [5, 5.41) is 10.1. The number of fused-ring (bicyclic) bond motifs is 4. The quantitative estimate of drug-likeness (QED) is 0.567. The van der Waals surface area contributed by atoms with Crippen molar-refractivity contribution in [3.63, 3.8) is 0 Å². The summed E-state index contributed by atoms with van der Waals surface area (Å²) in [6.07, 6.45) is 5.55. The maximum absolute atomic E-state index is 6.50. The largest absolute Gasteiger partial charge is 0.398 e. The summed E-state index contributed by atoms with van der Waals surface area (Å²) in [6.45, 7) is 0. The van der Waals surface area contributed by atoms with E-state index < -0.39 is 0 Å². The first-order valence-corrected chi connectivity index (χ1v) is 8.65. The van der Waals surface area contributed by atoms with E-state index >= 15 is 0 Å². The smallest absolute Gasteiger partial charge is 0.102 e. The highest BCUT2D eigenvalue weighted by molar-refractivity contribution is 5.99. The van der Waals surface area contributed by atoms with Crippen LogP contribution in [0.2, 0.25) is 0 Å². The van der Waals surface area contributed by atoms with Crippen LogP contribution in [-0.4, -0.2) is 21.1 Å². The van der Waals surface area contributed by atoms with Gasteiger partial charge in [0.1, 0.15) is 5.69 Å². The van der Waals surface area contributed by atoms with Gasteiger partial charge >= 0.3 is 0 Å². The van der Waals surface area contributed by atoms with Gasteiger partial charge in [-0.15, -0.1) is 0 Å². The highest BCUT2D eigenvalue weighted by Gasteiger charge is 2.24. The Kier molecular flexibility index (Phi) is 3.31. The summed E-state index contributed by atoms with van der Waals surface area (Å²) in [5.74, 6) is 0. The van der Waals surface area contributed by atoms with E-state index in [-0.39, 0.29) is 0 Å². The van der Waals surface area contributed by atoms with Crippen molar-refractivity contribution >= 4 is 22.8 Å². The number of anilines is 1. The van der Waals surface area contributed by atoms with Gasteiger partial charge in [0.05, 0.1) is 29.3 Å². The molecular formula is C21H17N5. The number of rotatable bonds is 2. The SMILES string of the molecule is Nc1c2c(nc3ccccc13)CCc1cn(/N=C/c3ccccc3)nc1-2. The number of pyridine rings is 1. The second-order valence-corrected chi connectivity index (χ2v) is 6.44. The first kappa shape index (κ1) is 14.8. The zero-order valence-electron chi connectivity index (χ0n) is 14.1. The number of nitrogens with zero attached hydrogens (tertiary/aromatic N) is 4. The van der Waals surface area contributed by atoms with E-state index in [1.165, 1.54) is 0 Å². The number of benzene rings is 2. The summed E-state index contributed by atoms with van der Waals surface area (Å²) in [7, 11) is 0. The molecule has 0 radical (unpaired) electrons. The molecule has 2 heterocycles. The van der Waals surface area contributed by atoms with Crippen molar-refractivity contribution in [2.24, 2.45) is 5.10 Å². The van der Waals surface area contributed by atoms with Crippen LogP contribution in [0.3, 0.4) is 0 Å². The number of hydrogen-bond donors (Lipinski definition) is 1. The molecule has 2 aromatic carbocycles. The normalized spacial score (nSPS) is 13.1. The molecule has 2 aromatic heterocycles. The molecule has 126 valence electrons. The zero-order valence-corrected chi connectivity index (χ0v) is 14.1. The Hall–Kier alpha value is -3.47. The van der Waals surface area contributed by atoms with E-state index in [9.17, 15) is 0 Å². The van der Waals surface area contributed by atoms with Crippen LogP contribution >= 0.6 is 0 Å². The number of nitrogen functional groups attached to an aromatic ring is 1. The van der Waals surface area contributed by atoms with E-state index in [1.807, 2.05) is 60.8 Å². The molecule has 5 rings (SSSR count). The average molecular weight is 339 g/mol. The second kappa shape index (κ2) is 5.81. The summed E-state index contributed by atoms with van der Waals surface area (Å²) >= 11 is 0. The maximum atomic E-state index is 6.50. The Bertz CT molecular complexity index is 1140. The van der Waals surface area contributed by atoms with Gasteiger partial charge < -0.3 is 5.73 Å². The number of nitrogens with two attached hydrogens (primary N) is 1. The van der Waals surface area contributed by atoms with Crippen molar-refractivity contribution in [1.82, 2.24) is 14.9 Å². The molecule has 0 bridgehead atoms. The molecule has 2 N–H and O–H groups in total. The van der Waals surface area contributed by atoms with E-state index in [1.54, 1.807) is 11.0 Å². The highest BCUT2D eigenvalue weighted by Crippen LogP contribution is 2.38. The molecule has 0 unspecified atom stereocenters. The first-order chi connectivity index (χ1) is 12.8. The molecule has 1 aliphatic rings. The van der Waals surface area contributed by atoms with E-state index in [0.717, 1.165) is 57.5 Å². The Morgan fingerprint density at radius 2 is 1.81 bits per heavy atom. The minimum atomic E-state index is 0.754. The van der Waals surface area contributed by atoms with Crippen LogP contribution in [-0.2, 0) is 12.8 Å². The summed E-state index contributed by atoms with van der Waals surface area (Å²) < 4.78 is 0. The van der Waals surface area contributed by atoms with Gasteiger partial charge in [-0.2, -0.15) is 15.0 Å². The van der Waals surface area contributed by atoms with Gasteiger partial charge in [-0.3, -0.25) is 4.98 Å². The maximum Gasteiger partial charge on any atom is 0.102 e. The molecule has 0 atom stereocenters. The fourth-order valence-electron chi connectivity index (χ4n) is 3.50. The van der Waals surface area contributed by atoms with E-state index in [2.05, 4.69) is 10.2 Å². The Morgan fingerprint density at radius 1 is 1.00 bits per heavy atom. The number of hydrogen-bond acceptors (Lipinski definition) is 4. The fraction of sp³-hybridized carbons (Fsp3) is 0.0952. The third-order valence-electron chi connectivity index (χ3n) is 4.78. The van der Waals surface area contributed by atoms with Crippen molar-refractivity contribution in [2.45, 2.75) is 12.8 Å². The molecule has 0 saturated carbocycles. The third-order valence-corrected chi connectivity index (χ3v) is 4.78. The van der Waals surface area contributed by atoms with Crippen molar-refractivity contribution in [1.29, 1.82) is 0 Å². The molecule has 5 nitrogen and oxygen atoms in total. The Labute approximate surface area is 150 Å². The average Bonchev–Trinajstić information content (AvgIpc) is 3.10. The number of para-hydroxylation sites is 1. The summed E-state index contributed by atoms with van der Waals surface area (Å²) in [6, 6.07) is 18.0. The highest BCUT2D eigenvalue weighted by atomic mass is 15.5. The van der Waals surface area contributed by atoms with Crippen LogP contribution in [0.5, 0.6) is 0 Å². The van der Waals surface area contributed by atoms with Crippen LogP contribution in [0.1, 0.15) is 16.8 Å². The molecule has 5 heteroatoms. The van der Waals surface area contributed by atoms with Crippen LogP contribution in [0.4, 0.5) is 5.69 Å². The molecule has 4 aromatic rings. The summed E-state index contributed by atoms with van der Waals surface area (Å²) in [4.78, 5) is 6.44. The topological polar surface area (TPSA) is 69.1 Å². The van der Waals surface area contributed by atoms with Gasteiger partial charge in [-0.05, 0) is 24.5 Å².